The van der Waals surface area contributed by atoms with E-state index in [-0.39, 0.29) is 13.0 Å². The maximum absolute atomic E-state index is 11.5. The summed E-state index contributed by atoms with van der Waals surface area (Å²) in [5.41, 5.74) is 0.354. The predicted octanol–water partition coefficient (Wildman–Crippen LogP) is 2.93. The lowest BCUT2D eigenvalue weighted by molar-refractivity contribution is -0.160. The summed E-state index contributed by atoms with van der Waals surface area (Å²) in [5, 5.41) is 0. The Morgan fingerprint density at radius 1 is 1.10 bits per heavy atom. The van der Waals surface area contributed by atoms with Crippen molar-refractivity contribution in [1.29, 1.82) is 0 Å². The molecule has 0 aromatic heterocycles. The highest BCUT2D eigenvalue weighted by Gasteiger charge is 2.20. The third-order valence-electron chi connectivity index (χ3n) is 3.51. The van der Waals surface area contributed by atoms with Gasteiger partial charge < -0.3 is 9.47 Å². The van der Waals surface area contributed by atoms with Crippen LogP contribution in [0.25, 0.3) is 0 Å². The van der Waals surface area contributed by atoms with Crippen LogP contribution in [0.3, 0.4) is 0 Å². The Morgan fingerprint density at radius 2 is 1.76 bits per heavy atom. The van der Waals surface area contributed by atoms with Crippen molar-refractivity contribution in [3.63, 3.8) is 0 Å². The number of carbonyl (C=O) groups is 3. The van der Waals surface area contributed by atoms with Crippen LogP contribution in [0.5, 0.6) is 0 Å². The smallest absolute Gasteiger partial charge is 0.333 e. The van der Waals surface area contributed by atoms with Crippen LogP contribution >= 0.6 is 0 Å². The fraction of sp³-hybridized carbons (Fsp3) is 0.688. The van der Waals surface area contributed by atoms with E-state index < -0.39 is 17.9 Å². The number of hydrogen-bond donors (Lipinski definition) is 0. The first-order valence-electron chi connectivity index (χ1n) is 7.55. The fourth-order valence-corrected chi connectivity index (χ4v) is 2.33. The van der Waals surface area contributed by atoms with Gasteiger partial charge in [0.2, 0.25) is 0 Å². The van der Waals surface area contributed by atoms with Gasteiger partial charge in [-0.2, -0.15) is 0 Å². The molecule has 1 fully saturated rings. The molecule has 1 saturated carbocycles. The minimum Gasteiger partial charge on any atom is -0.462 e. The number of unbranched alkanes of at least 4 members (excludes halogenated alkanes) is 1. The average molecular weight is 296 g/mol. The van der Waals surface area contributed by atoms with Crippen molar-refractivity contribution < 1.29 is 23.9 Å². The van der Waals surface area contributed by atoms with Crippen LogP contribution in [0, 0.1) is 5.92 Å². The lowest BCUT2D eigenvalue weighted by atomic mass is 10.0. The van der Waals surface area contributed by atoms with Crippen molar-refractivity contribution in [2.75, 3.05) is 6.61 Å². The third-order valence-corrected chi connectivity index (χ3v) is 3.51. The first kappa shape index (κ1) is 17.4. The second kappa shape index (κ2) is 9.32. The molecule has 118 valence electrons. The van der Waals surface area contributed by atoms with Crippen molar-refractivity contribution in [2.24, 2.45) is 5.92 Å². The lowest BCUT2D eigenvalue weighted by Crippen LogP contribution is -2.15. The van der Waals surface area contributed by atoms with Crippen molar-refractivity contribution in [2.45, 2.75) is 58.3 Å². The van der Waals surface area contributed by atoms with Gasteiger partial charge in [0.15, 0.2) is 0 Å². The first-order chi connectivity index (χ1) is 9.99. The summed E-state index contributed by atoms with van der Waals surface area (Å²) in [7, 11) is 0. The van der Waals surface area contributed by atoms with E-state index in [9.17, 15) is 14.4 Å². The van der Waals surface area contributed by atoms with Crippen LogP contribution in [0.1, 0.15) is 58.3 Å². The molecule has 0 heterocycles. The van der Waals surface area contributed by atoms with E-state index in [2.05, 4.69) is 6.58 Å². The lowest BCUT2D eigenvalue weighted by Gasteiger charge is -2.08. The normalized spacial score (nSPS) is 14.7. The molecule has 0 amide bonds. The summed E-state index contributed by atoms with van der Waals surface area (Å²) in [5.74, 6) is -0.957. The van der Waals surface area contributed by atoms with Gasteiger partial charge in [0.25, 0.3) is 0 Å². The number of ether oxygens (including phenoxy) is 2. The summed E-state index contributed by atoms with van der Waals surface area (Å²) in [6.07, 6.45) is 6.03. The maximum Gasteiger partial charge on any atom is 0.333 e. The Balaban J connectivity index is 2.04. The highest BCUT2D eigenvalue weighted by atomic mass is 16.6. The summed E-state index contributed by atoms with van der Waals surface area (Å²) < 4.78 is 9.68. The highest BCUT2D eigenvalue weighted by molar-refractivity contribution is 5.87. The first-order valence-corrected chi connectivity index (χ1v) is 7.55. The van der Waals surface area contributed by atoms with Gasteiger partial charge in [0.1, 0.15) is 0 Å². The molecular weight excluding hydrogens is 272 g/mol. The molecule has 0 aromatic carbocycles. The van der Waals surface area contributed by atoms with Gasteiger partial charge in [0.05, 0.1) is 6.61 Å². The molecule has 0 atom stereocenters. The molecule has 1 rings (SSSR count). The fourth-order valence-electron chi connectivity index (χ4n) is 2.33. The largest absolute Gasteiger partial charge is 0.462 e. The van der Waals surface area contributed by atoms with E-state index in [0.29, 0.717) is 30.8 Å². The van der Waals surface area contributed by atoms with Gasteiger partial charge in [-0.25, -0.2) is 4.79 Å². The van der Waals surface area contributed by atoms with Gasteiger partial charge in [-0.3, -0.25) is 9.59 Å². The predicted molar refractivity (Wildman–Crippen MR) is 77.3 cm³/mol. The van der Waals surface area contributed by atoms with Crippen LogP contribution in [0.4, 0.5) is 0 Å². The van der Waals surface area contributed by atoms with Crippen LogP contribution < -0.4 is 0 Å². The Morgan fingerprint density at radius 3 is 2.38 bits per heavy atom. The monoisotopic (exact) mass is 296 g/mol. The Labute approximate surface area is 125 Å². The Bertz CT molecular complexity index is 393. The minimum atomic E-state index is -0.496. The van der Waals surface area contributed by atoms with E-state index in [1.807, 2.05) is 0 Å². The van der Waals surface area contributed by atoms with E-state index >= 15 is 0 Å². The molecule has 5 nitrogen and oxygen atoms in total. The summed E-state index contributed by atoms with van der Waals surface area (Å²) in [6, 6.07) is 0. The Hall–Kier alpha value is -1.65. The number of esters is 3. The van der Waals surface area contributed by atoms with Crippen molar-refractivity contribution in [1.82, 2.24) is 0 Å². The van der Waals surface area contributed by atoms with Crippen LogP contribution in [-0.4, -0.2) is 24.5 Å². The van der Waals surface area contributed by atoms with E-state index in [4.69, 9.17) is 9.47 Å². The summed E-state index contributed by atoms with van der Waals surface area (Å²) in [6.45, 7) is 5.29. The van der Waals surface area contributed by atoms with Gasteiger partial charge in [-0.1, -0.05) is 19.4 Å². The second-order valence-electron chi connectivity index (χ2n) is 5.57. The molecule has 21 heavy (non-hydrogen) atoms. The van der Waals surface area contributed by atoms with Gasteiger partial charge in [-0.15, -0.1) is 0 Å². The molecule has 1 aliphatic rings. The molecule has 0 N–H and O–H groups in total. The summed E-state index contributed by atoms with van der Waals surface area (Å²) in [4.78, 5) is 34.1. The van der Waals surface area contributed by atoms with Crippen LogP contribution in [0.2, 0.25) is 0 Å². The molecule has 1 aliphatic carbocycles. The van der Waals surface area contributed by atoms with Gasteiger partial charge in [-0.05, 0) is 38.5 Å². The van der Waals surface area contributed by atoms with Gasteiger partial charge in [0, 0.05) is 18.4 Å². The van der Waals surface area contributed by atoms with E-state index in [1.54, 1.807) is 6.92 Å². The van der Waals surface area contributed by atoms with E-state index in [0.717, 1.165) is 25.7 Å². The summed E-state index contributed by atoms with van der Waals surface area (Å²) >= 11 is 0. The maximum atomic E-state index is 11.5. The standard InChI is InChI=1S/C16H24O5/c1-12(2)16(19)20-10-6-5-9-14(17)21-15(18)11-13-7-3-4-8-13/h13H,1,3-11H2,2H3. The minimum absolute atomic E-state index is 0.168. The molecule has 0 unspecified atom stereocenters. The van der Waals surface area contributed by atoms with Crippen LogP contribution in [-0.2, 0) is 23.9 Å². The van der Waals surface area contributed by atoms with Gasteiger partial charge >= 0.3 is 17.9 Å². The molecule has 0 aliphatic heterocycles. The van der Waals surface area contributed by atoms with Crippen molar-refractivity contribution in [3.05, 3.63) is 12.2 Å². The SMILES string of the molecule is C=C(C)C(=O)OCCCCC(=O)OC(=O)CC1CCCC1. The Kier molecular flexibility index (Phi) is 7.72. The van der Waals surface area contributed by atoms with Crippen molar-refractivity contribution in [3.8, 4) is 0 Å². The van der Waals surface area contributed by atoms with E-state index in [1.165, 1.54) is 0 Å². The zero-order chi connectivity index (χ0) is 15.7. The molecule has 0 radical (unpaired) electrons. The number of hydrogen-bond acceptors (Lipinski definition) is 5. The van der Waals surface area contributed by atoms with Crippen LogP contribution in [0.15, 0.2) is 12.2 Å². The molecule has 5 heteroatoms. The molecule has 0 spiro atoms. The zero-order valence-electron chi connectivity index (χ0n) is 12.7. The topological polar surface area (TPSA) is 69.7 Å². The molecule has 0 aromatic rings. The number of rotatable bonds is 8. The zero-order valence-corrected chi connectivity index (χ0v) is 12.7. The second-order valence-corrected chi connectivity index (χ2v) is 5.57. The average Bonchev–Trinajstić information content (AvgIpc) is 2.90. The molecular formula is C16H24O5. The quantitative estimate of drug-likeness (QED) is 0.298. The third kappa shape index (κ3) is 7.63. The molecule has 0 bridgehead atoms. The van der Waals surface area contributed by atoms with Crippen molar-refractivity contribution >= 4 is 17.9 Å². The molecule has 0 saturated heterocycles. The number of carbonyl (C=O) groups excluding carboxylic acids is 3. The highest BCUT2D eigenvalue weighted by Crippen LogP contribution is 2.27.